The van der Waals surface area contributed by atoms with E-state index in [0.717, 1.165) is 0 Å². The predicted molar refractivity (Wildman–Crippen MR) is 141 cm³/mol. The maximum absolute atomic E-state index is 14.9. The number of nitrogens with zero attached hydrogens (tertiary/aromatic N) is 2. The monoisotopic (exact) mass is 601 g/mol. The number of fused-ring (bicyclic) bond motifs is 1. The molecule has 14 nitrogen and oxygen atoms in total. The Morgan fingerprint density at radius 2 is 1.81 bits per heavy atom. The summed E-state index contributed by atoms with van der Waals surface area (Å²) in [5.74, 6) is -9.86. The van der Waals surface area contributed by atoms with Crippen LogP contribution in [0.3, 0.4) is 0 Å². The molecule has 0 unspecified atom stereocenters. The summed E-state index contributed by atoms with van der Waals surface area (Å²) in [7, 11) is -1.80. The van der Waals surface area contributed by atoms with Crippen molar-refractivity contribution >= 4 is 36.8 Å². The number of nitrogens with one attached hydrogen (secondary N) is 2. The molecule has 5 amide bonds. The molecule has 1 aliphatic carbocycles. The van der Waals surface area contributed by atoms with E-state index in [1.54, 1.807) is 0 Å². The smallest absolute Gasteiger partial charge is 0.534 e. The van der Waals surface area contributed by atoms with Crippen LogP contribution >= 0.6 is 0 Å². The summed E-state index contributed by atoms with van der Waals surface area (Å²) in [4.78, 5) is 65.2. The van der Waals surface area contributed by atoms with Gasteiger partial charge < -0.3 is 41.2 Å². The van der Waals surface area contributed by atoms with Crippen LogP contribution in [0.2, 0.25) is 0 Å². The van der Waals surface area contributed by atoms with Crippen LogP contribution < -0.4 is 21.0 Å². The van der Waals surface area contributed by atoms with Crippen molar-refractivity contribution in [1.82, 2.24) is 20.4 Å². The molecular weight excluding hydrogens is 575 g/mol. The zero-order chi connectivity index (χ0) is 31.2. The van der Waals surface area contributed by atoms with Gasteiger partial charge in [0.05, 0.1) is 17.1 Å². The number of nitrogens with two attached hydrogens (primary N) is 1. The normalized spacial score (nSPS) is 19.7. The highest BCUT2D eigenvalue weighted by Gasteiger charge is 2.46. The number of carbonyl (C=O) groups excluding carboxylic acids is 4. The lowest BCUT2D eigenvalue weighted by atomic mass is 9.72. The van der Waals surface area contributed by atoms with Gasteiger partial charge >= 0.3 is 30.9 Å². The molecule has 2 aromatic rings. The number of hydrogen-bond donors (Lipinski definition) is 6. The molecule has 2 aliphatic heterocycles. The van der Waals surface area contributed by atoms with E-state index in [9.17, 15) is 48.0 Å². The number of aromatic hydroxyl groups is 1. The van der Waals surface area contributed by atoms with Gasteiger partial charge in [0.15, 0.2) is 0 Å². The molecule has 2 heterocycles. The summed E-state index contributed by atoms with van der Waals surface area (Å²) in [5, 5.41) is 33.9. The first-order valence-corrected chi connectivity index (χ1v) is 13.2. The quantitative estimate of drug-likeness (QED) is 0.176. The molecule has 1 saturated carbocycles. The lowest BCUT2D eigenvalue weighted by Crippen LogP contribution is -2.61. The van der Waals surface area contributed by atoms with Crippen LogP contribution in [0.15, 0.2) is 30.3 Å². The number of halogens is 2. The predicted octanol–water partition coefficient (Wildman–Crippen LogP) is -0.579. The van der Waals surface area contributed by atoms with E-state index in [2.05, 4.69) is 10.6 Å². The molecule has 2 atom stereocenters. The fraction of sp³-hybridized carbons (Fsp3) is 0.346. The van der Waals surface area contributed by atoms with E-state index in [0.29, 0.717) is 35.4 Å². The Balaban J connectivity index is 1.37. The summed E-state index contributed by atoms with van der Waals surface area (Å²) in [6.45, 7) is -0.233. The molecule has 5 rings (SSSR count). The fourth-order valence-corrected chi connectivity index (χ4v) is 5.02. The molecule has 226 valence electrons. The number of aromatic carboxylic acids is 1. The van der Waals surface area contributed by atoms with Gasteiger partial charge in [-0.15, -0.1) is 0 Å². The lowest BCUT2D eigenvalue weighted by molar-refractivity contribution is -0.154. The standard InChI is InChI=1S/C26H26BF2N5O9/c28-15-9-13(35)10-16(29)18(15)19(32-25(41)34-7-6-33(22(37)23(34)38)11-26(30)4-5-26)21(36)31-17-8-12-2-1-3-14(24(39)40)20(12)43-27(17)42/h1-3,9-10,17,19,35,42H,4-8,11,30H2,(H,31,36)(H,32,41)(H,39,40)/t17-,19+/m0/s1. The van der Waals surface area contributed by atoms with Crippen molar-refractivity contribution in [2.24, 2.45) is 5.73 Å². The van der Waals surface area contributed by atoms with Gasteiger partial charge in [0.25, 0.3) is 0 Å². The van der Waals surface area contributed by atoms with Crippen molar-refractivity contribution in [3.63, 3.8) is 0 Å². The number of carbonyl (C=O) groups is 5. The van der Waals surface area contributed by atoms with Gasteiger partial charge in [0.2, 0.25) is 5.91 Å². The third-order valence-electron chi connectivity index (χ3n) is 7.51. The highest BCUT2D eigenvalue weighted by Crippen LogP contribution is 2.34. The van der Waals surface area contributed by atoms with Crippen LogP contribution in [-0.4, -0.2) is 93.0 Å². The second-order valence-electron chi connectivity index (χ2n) is 10.7. The molecule has 2 fully saturated rings. The Bertz CT molecular complexity index is 1520. The number of phenolic OH excluding ortho intramolecular Hbond substituents is 1. The highest BCUT2D eigenvalue weighted by atomic mass is 19.1. The van der Waals surface area contributed by atoms with Gasteiger partial charge in [-0.25, -0.2) is 18.4 Å². The minimum absolute atomic E-state index is 0.0565. The molecule has 43 heavy (non-hydrogen) atoms. The number of urea groups is 1. The molecular formula is C26H26BF2N5O9. The number of benzene rings is 2. The molecule has 7 N–H and O–H groups in total. The maximum Gasteiger partial charge on any atom is 0.547 e. The summed E-state index contributed by atoms with van der Waals surface area (Å²) in [6.07, 6.45) is 1.17. The summed E-state index contributed by atoms with van der Waals surface area (Å²) in [5.41, 5.74) is 4.49. The molecule has 17 heteroatoms. The second kappa shape index (κ2) is 11.1. The van der Waals surface area contributed by atoms with E-state index in [1.165, 1.54) is 23.1 Å². The lowest BCUT2D eigenvalue weighted by Gasteiger charge is -2.35. The number of hydrogen-bond acceptors (Lipinski definition) is 9. The van der Waals surface area contributed by atoms with Crippen molar-refractivity contribution in [3.05, 3.63) is 58.7 Å². The highest BCUT2D eigenvalue weighted by molar-refractivity contribution is 6.47. The zero-order valence-corrected chi connectivity index (χ0v) is 22.4. The minimum atomic E-state index is -2.16. The zero-order valence-electron chi connectivity index (χ0n) is 22.4. The Morgan fingerprint density at radius 3 is 2.44 bits per heavy atom. The minimum Gasteiger partial charge on any atom is -0.534 e. The van der Waals surface area contributed by atoms with Gasteiger partial charge in [0.1, 0.15) is 29.2 Å². The van der Waals surface area contributed by atoms with Crippen molar-refractivity contribution in [1.29, 1.82) is 0 Å². The maximum atomic E-state index is 14.9. The number of phenols is 1. The Morgan fingerprint density at radius 1 is 1.14 bits per heavy atom. The number of carboxylic acids is 1. The molecule has 0 spiro atoms. The second-order valence-corrected chi connectivity index (χ2v) is 10.7. The molecule has 2 aromatic carbocycles. The first-order valence-electron chi connectivity index (χ1n) is 13.2. The van der Waals surface area contributed by atoms with Gasteiger partial charge in [-0.2, -0.15) is 0 Å². The number of piperazine rings is 1. The average Bonchev–Trinajstić information content (AvgIpc) is 3.66. The van der Waals surface area contributed by atoms with Crippen molar-refractivity contribution in [2.75, 3.05) is 19.6 Å². The Labute approximate surface area is 242 Å². The SMILES string of the molecule is NC1(CN2CCN(C(=O)N[C@@H](C(=O)N[C@H]3Cc4cccc(C(=O)O)c4OB3O)c3c(F)cc(O)cc3F)C(=O)C2=O)CC1. The largest absolute Gasteiger partial charge is 0.547 e. The number of carboxylic acid groups (broad SMARTS) is 1. The Hall–Kier alpha value is -4.77. The van der Waals surface area contributed by atoms with Crippen LogP contribution in [0.25, 0.3) is 0 Å². The fourth-order valence-electron chi connectivity index (χ4n) is 5.02. The van der Waals surface area contributed by atoms with Crippen LogP contribution in [0.4, 0.5) is 13.6 Å². The molecule has 0 radical (unpaired) electrons. The van der Waals surface area contributed by atoms with Crippen LogP contribution in [-0.2, 0) is 20.8 Å². The first-order chi connectivity index (χ1) is 20.3. The van der Waals surface area contributed by atoms with Gasteiger partial charge in [-0.1, -0.05) is 12.1 Å². The molecule has 1 saturated heterocycles. The molecule has 0 bridgehead atoms. The van der Waals surface area contributed by atoms with E-state index in [-0.39, 0.29) is 37.4 Å². The summed E-state index contributed by atoms with van der Waals surface area (Å²) < 4.78 is 35.2. The Kier molecular flexibility index (Phi) is 7.70. The molecule has 3 aliphatic rings. The van der Waals surface area contributed by atoms with E-state index >= 15 is 0 Å². The van der Waals surface area contributed by atoms with Crippen molar-refractivity contribution in [3.8, 4) is 11.5 Å². The van der Waals surface area contributed by atoms with Crippen molar-refractivity contribution in [2.45, 2.75) is 36.8 Å². The van der Waals surface area contributed by atoms with E-state index < -0.39 is 77.3 Å². The van der Waals surface area contributed by atoms with Crippen LogP contribution in [0.1, 0.15) is 40.4 Å². The topological polar surface area (TPSA) is 212 Å². The van der Waals surface area contributed by atoms with E-state index in [1.807, 2.05) is 0 Å². The summed E-state index contributed by atoms with van der Waals surface area (Å²) in [6, 6.07) is 1.69. The number of imide groups is 1. The third-order valence-corrected chi connectivity index (χ3v) is 7.51. The van der Waals surface area contributed by atoms with Gasteiger partial charge in [-0.3, -0.25) is 19.3 Å². The average molecular weight is 601 g/mol. The first kappa shape index (κ1) is 29.7. The van der Waals surface area contributed by atoms with Crippen LogP contribution in [0.5, 0.6) is 11.5 Å². The number of rotatable bonds is 7. The number of para-hydroxylation sites is 1. The van der Waals surface area contributed by atoms with Gasteiger partial charge in [0, 0.05) is 37.3 Å². The molecule has 0 aromatic heterocycles. The van der Waals surface area contributed by atoms with Crippen molar-refractivity contribution < 1.29 is 52.6 Å². The van der Waals surface area contributed by atoms with Gasteiger partial charge in [-0.05, 0) is 30.9 Å². The third kappa shape index (κ3) is 5.94. The summed E-state index contributed by atoms with van der Waals surface area (Å²) >= 11 is 0. The van der Waals surface area contributed by atoms with Crippen LogP contribution in [0, 0.1) is 11.6 Å². The number of amides is 5. The van der Waals surface area contributed by atoms with E-state index in [4.69, 9.17) is 10.4 Å².